The lowest BCUT2D eigenvalue weighted by molar-refractivity contribution is -0.133. The molecule has 6 heteroatoms. The molecule has 6 nitrogen and oxygen atoms in total. The van der Waals surface area contributed by atoms with Crippen LogP contribution in [0.25, 0.3) is 11.0 Å². The van der Waals surface area contributed by atoms with Crippen LogP contribution in [0.4, 0.5) is 0 Å². The van der Waals surface area contributed by atoms with Crippen molar-refractivity contribution < 1.29 is 4.79 Å². The Morgan fingerprint density at radius 3 is 2.69 bits per heavy atom. The second-order valence-electron chi connectivity index (χ2n) is 7.56. The first-order valence-corrected chi connectivity index (χ1v) is 9.63. The molecular formula is C20H26N4O2. The summed E-state index contributed by atoms with van der Waals surface area (Å²) >= 11 is 0. The number of nitrogens with zero attached hydrogens (tertiary/aromatic N) is 3. The van der Waals surface area contributed by atoms with E-state index in [2.05, 4.69) is 14.9 Å². The van der Waals surface area contributed by atoms with Crippen molar-refractivity contribution in [3.05, 3.63) is 39.8 Å². The first-order chi connectivity index (χ1) is 12.6. The molecule has 2 aliphatic rings. The smallest absolute Gasteiger partial charge is 0.251 e. The van der Waals surface area contributed by atoms with Crippen LogP contribution in [0.3, 0.4) is 0 Å². The van der Waals surface area contributed by atoms with E-state index in [0.717, 1.165) is 61.3 Å². The van der Waals surface area contributed by atoms with Gasteiger partial charge in [-0.25, -0.2) is 0 Å². The lowest BCUT2D eigenvalue weighted by Crippen LogP contribution is -2.48. The van der Waals surface area contributed by atoms with E-state index in [1.54, 1.807) is 0 Å². The van der Waals surface area contributed by atoms with Crippen molar-refractivity contribution in [3.63, 3.8) is 0 Å². The Morgan fingerprint density at radius 1 is 1.23 bits per heavy atom. The number of pyridine rings is 2. The fourth-order valence-electron chi connectivity index (χ4n) is 3.63. The van der Waals surface area contributed by atoms with Gasteiger partial charge in [-0.3, -0.25) is 19.5 Å². The molecule has 2 aromatic heterocycles. The summed E-state index contributed by atoms with van der Waals surface area (Å²) in [6.45, 7) is 6.16. The Labute approximate surface area is 153 Å². The van der Waals surface area contributed by atoms with E-state index in [9.17, 15) is 9.59 Å². The van der Waals surface area contributed by atoms with E-state index in [-0.39, 0.29) is 5.56 Å². The molecule has 0 radical (unpaired) electrons. The maximum atomic E-state index is 12.2. The van der Waals surface area contributed by atoms with Gasteiger partial charge in [0.25, 0.3) is 5.56 Å². The minimum Gasteiger partial charge on any atom is -0.340 e. The third-order valence-electron chi connectivity index (χ3n) is 5.50. The molecule has 0 bridgehead atoms. The van der Waals surface area contributed by atoms with Gasteiger partial charge in [-0.15, -0.1) is 0 Å². The first-order valence-electron chi connectivity index (χ1n) is 9.63. The summed E-state index contributed by atoms with van der Waals surface area (Å²) in [7, 11) is 0. The molecule has 0 atom stereocenters. The summed E-state index contributed by atoms with van der Waals surface area (Å²) in [4.78, 5) is 36.0. The van der Waals surface area contributed by atoms with Crippen molar-refractivity contribution in [2.75, 3.05) is 26.2 Å². The number of nitrogens with one attached hydrogen (secondary N) is 1. The number of carbonyl (C=O) groups is 1. The van der Waals surface area contributed by atoms with Gasteiger partial charge in [-0.2, -0.15) is 0 Å². The number of fused-ring (bicyclic) bond motifs is 1. The maximum absolute atomic E-state index is 12.2. The molecule has 3 heterocycles. The van der Waals surface area contributed by atoms with Crippen LogP contribution in [0.1, 0.15) is 37.3 Å². The molecular weight excluding hydrogens is 328 g/mol. The number of H-pyrrole nitrogens is 1. The summed E-state index contributed by atoms with van der Waals surface area (Å²) in [5.41, 5.74) is 3.46. The molecule has 26 heavy (non-hydrogen) atoms. The molecule has 1 amide bonds. The largest absolute Gasteiger partial charge is 0.340 e. The normalized spacial score (nSPS) is 18.4. The highest BCUT2D eigenvalue weighted by Gasteiger charge is 2.28. The summed E-state index contributed by atoms with van der Waals surface area (Å²) in [6.07, 6.45) is 5.79. The van der Waals surface area contributed by atoms with Gasteiger partial charge in [0.05, 0.1) is 11.0 Å². The number of aryl methyl sites for hydroxylation is 1. The van der Waals surface area contributed by atoms with Gasteiger partial charge in [0.15, 0.2) is 0 Å². The predicted octanol–water partition coefficient (Wildman–Crippen LogP) is 1.93. The number of rotatable bonds is 5. The van der Waals surface area contributed by atoms with Crippen molar-refractivity contribution >= 4 is 16.9 Å². The standard InChI is InChI=1S/C20H26N4O2/c1-2-16-11-17-18(22-20(16)26)9-15(12-21-17)13-23-5-7-24(8-6-23)19(25)10-14-3-4-14/h9,11-12,14H,2-8,10,13H2,1H3,(H,22,26). The first kappa shape index (κ1) is 17.2. The molecule has 1 aliphatic heterocycles. The Balaban J connectivity index is 1.38. The second-order valence-corrected chi connectivity index (χ2v) is 7.56. The molecule has 1 saturated carbocycles. The summed E-state index contributed by atoms with van der Waals surface area (Å²) < 4.78 is 0. The molecule has 1 N–H and O–H groups in total. The average molecular weight is 354 g/mol. The van der Waals surface area contributed by atoms with Crippen LogP contribution in [0.15, 0.2) is 23.1 Å². The van der Waals surface area contributed by atoms with Crippen molar-refractivity contribution in [2.45, 2.75) is 39.2 Å². The number of amides is 1. The third-order valence-corrected chi connectivity index (χ3v) is 5.50. The number of aromatic nitrogens is 2. The zero-order chi connectivity index (χ0) is 18.1. The van der Waals surface area contributed by atoms with Crippen molar-refractivity contribution in [2.24, 2.45) is 5.92 Å². The van der Waals surface area contributed by atoms with E-state index < -0.39 is 0 Å². The topological polar surface area (TPSA) is 69.3 Å². The number of piperazine rings is 1. The molecule has 0 spiro atoms. The minimum absolute atomic E-state index is 0.0262. The molecule has 1 saturated heterocycles. The molecule has 0 unspecified atom stereocenters. The highest BCUT2D eigenvalue weighted by molar-refractivity contribution is 5.77. The fourth-order valence-corrected chi connectivity index (χ4v) is 3.63. The zero-order valence-corrected chi connectivity index (χ0v) is 15.3. The van der Waals surface area contributed by atoms with Gasteiger partial charge < -0.3 is 9.88 Å². The quantitative estimate of drug-likeness (QED) is 0.891. The Hall–Kier alpha value is -2.21. The second kappa shape index (κ2) is 7.19. The van der Waals surface area contributed by atoms with Gasteiger partial charge in [0.2, 0.25) is 5.91 Å². The van der Waals surface area contributed by atoms with Crippen LogP contribution in [0.2, 0.25) is 0 Å². The number of hydrogen-bond donors (Lipinski definition) is 1. The highest BCUT2D eigenvalue weighted by Crippen LogP contribution is 2.33. The van der Waals surface area contributed by atoms with Crippen molar-refractivity contribution in [1.29, 1.82) is 0 Å². The predicted molar refractivity (Wildman–Crippen MR) is 101 cm³/mol. The maximum Gasteiger partial charge on any atom is 0.251 e. The SMILES string of the molecule is CCc1cc2ncc(CN3CCN(C(=O)CC4CC4)CC3)cc2[nH]c1=O. The molecule has 138 valence electrons. The van der Waals surface area contributed by atoms with Crippen molar-refractivity contribution in [3.8, 4) is 0 Å². The van der Waals surface area contributed by atoms with Crippen LogP contribution >= 0.6 is 0 Å². The summed E-state index contributed by atoms with van der Waals surface area (Å²) in [6, 6.07) is 3.90. The van der Waals surface area contributed by atoms with Crippen LogP contribution in [0.5, 0.6) is 0 Å². The number of carbonyl (C=O) groups excluding carboxylic acids is 1. The molecule has 2 aromatic rings. The third kappa shape index (κ3) is 3.80. The van der Waals surface area contributed by atoms with E-state index in [1.807, 2.05) is 30.2 Å². The fraction of sp³-hybridized carbons (Fsp3) is 0.550. The Kier molecular flexibility index (Phi) is 4.76. The molecule has 2 fully saturated rings. The number of aromatic amines is 1. The minimum atomic E-state index is -0.0262. The van der Waals surface area contributed by atoms with Gasteiger partial charge in [-0.05, 0) is 42.9 Å². The van der Waals surface area contributed by atoms with E-state index in [1.165, 1.54) is 12.8 Å². The molecule has 0 aromatic carbocycles. The van der Waals surface area contributed by atoms with Crippen molar-refractivity contribution in [1.82, 2.24) is 19.8 Å². The summed E-state index contributed by atoms with van der Waals surface area (Å²) in [5.74, 6) is 0.975. The van der Waals surface area contributed by atoms with Crippen LogP contribution in [-0.2, 0) is 17.8 Å². The van der Waals surface area contributed by atoms with E-state index in [4.69, 9.17) is 0 Å². The van der Waals surface area contributed by atoms with Gasteiger partial charge in [0.1, 0.15) is 0 Å². The average Bonchev–Trinajstić information content (AvgIpc) is 3.45. The monoisotopic (exact) mass is 354 g/mol. The van der Waals surface area contributed by atoms with Gasteiger partial charge in [0, 0.05) is 50.9 Å². The Morgan fingerprint density at radius 2 is 2.00 bits per heavy atom. The van der Waals surface area contributed by atoms with Crippen LogP contribution in [-0.4, -0.2) is 51.9 Å². The lowest BCUT2D eigenvalue weighted by Gasteiger charge is -2.34. The molecule has 4 rings (SSSR count). The van der Waals surface area contributed by atoms with Crippen LogP contribution in [0, 0.1) is 5.92 Å². The Bertz CT molecular complexity index is 864. The van der Waals surface area contributed by atoms with Gasteiger partial charge >= 0.3 is 0 Å². The van der Waals surface area contributed by atoms with E-state index in [0.29, 0.717) is 18.2 Å². The lowest BCUT2D eigenvalue weighted by atomic mass is 10.1. The summed E-state index contributed by atoms with van der Waals surface area (Å²) in [5, 5.41) is 0. The van der Waals surface area contributed by atoms with Crippen LogP contribution < -0.4 is 5.56 Å². The zero-order valence-electron chi connectivity index (χ0n) is 15.3. The van der Waals surface area contributed by atoms with E-state index >= 15 is 0 Å². The van der Waals surface area contributed by atoms with Gasteiger partial charge in [-0.1, -0.05) is 6.92 Å². The molecule has 1 aliphatic carbocycles. The number of hydrogen-bond acceptors (Lipinski definition) is 4. The highest BCUT2D eigenvalue weighted by atomic mass is 16.2.